The highest BCUT2D eigenvalue weighted by molar-refractivity contribution is 9.10. The van der Waals surface area contributed by atoms with Crippen molar-refractivity contribution in [1.82, 2.24) is 25.8 Å². The van der Waals surface area contributed by atoms with Crippen LogP contribution in [0.4, 0.5) is 0 Å². The van der Waals surface area contributed by atoms with Crippen molar-refractivity contribution in [1.29, 1.82) is 0 Å². The second-order valence-corrected chi connectivity index (χ2v) is 13.1. The van der Waals surface area contributed by atoms with Crippen LogP contribution in [0.2, 0.25) is 0 Å². The molecule has 0 aromatic heterocycles. The Morgan fingerprint density at radius 1 is 0.707 bits per heavy atom. The third kappa shape index (κ3) is 10.4. The zero-order valence-corrected chi connectivity index (χ0v) is 28.3. The summed E-state index contributed by atoms with van der Waals surface area (Å²) < 4.78 is 0.994. The number of rotatable bonds is 15. The van der Waals surface area contributed by atoms with Gasteiger partial charge in [0.25, 0.3) is 0 Å². The van der Waals surface area contributed by atoms with Crippen LogP contribution in [0, 0.1) is 23.7 Å². The summed E-state index contributed by atoms with van der Waals surface area (Å²) in [5.41, 5.74) is 1.10. The summed E-state index contributed by atoms with van der Waals surface area (Å²) in [6.45, 7) is 15.6. The molecule has 1 aromatic rings. The lowest BCUT2D eigenvalue weighted by atomic mass is 9.95. The molecule has 0 heterocycles. The molecule has 10 heteroatoms. The van der Waals surface area contributed by atoms with Crippen molar-refractivity contribution in [3.63, 3.8) is 0 Å². The van der Waals surface area contributed by atoms with E-state index in [-0.39, 0.29) is 47.3 Å². The summed E-state index contributed by atoms with van der Waals surface area (Å²) in [5.74, 6) is -1.68. The SMILES string of the molecule is CN[C@H](C(=O)N[C@H](C(=O)N(C)[C@H](C(=O)N(C)[C@H](C(=O)NCCc1ccc(Br)cc1)C(C)C)C(C)C)C(C)C)C(C)C. The van der Waals surface area contributed by atoms with Gasteiger partial charge in [-0.05, 0) is 54.8 Å². The van der Waals surface area contributed by atoms with Crippen LogP contribution >= 0.6 is 15.9 Å². The fourth-order valence-electron chi connectivity index (χ4n) is 5.14. The summed E-state index contributed by atoms with van der Waals surface area (Å²) >= 11 is 3.43. The molecule has 3 N–H and O–H groups in total. The predicted octanol–water partition coefficient (Wildman–Crippen LogP) is 3.46. The number of benzene rings is 1. The minimum atomic E-state index is -0.812. The van der Waals surface area contributed by atoms with E-state index < -0.39 is 24.2 Å². The number of carbonyl (C=O) groups excluding carboxylic acids is 4. The first-order chi connectivity index (χ1) is 19.0. The molecule has 0 aliphatic heterocycles. The van der Waals surface area contributed by atoms with Gasteiger partial charge < -0.3 is 25.8 Å². The van der Waals surface area contributed by atoms with Gasteiger partial charge in [0, 0.05) is 25.1 Å². The molecule has 232 valence electrons. The van der Waals surface area contributed by atoms with Crippen LogP contribution in [-0.2, 0) is 25.6 Å². The molecule has 0 fully saturated rings. The second-order valence-electron chi connectivity index (χ2n) is 12.2. The van der Waals surface area contributed by atoms with Gasteiger partial charge in [-0.2, -0.15) is 0 Å². The van der Waals surface area contributed by atoms with Crippen LogP contribution in [0.1, 0.15) is 61.0 Å². The number of nitrogens with one attached hydrogen (secondary N) is 3. The van der Waals surface area contributed by atoms with Gasteiger partial charge in [-0.15, -0.1) is 0 Å². The van der Waals surface area contributed by atoms with Crippen LogP contribution < -0.4 is 16.0 Å². The Morgan fingerprint density at radius 2 is 1.20 bits per heavy atom. The molecule has 1 rings (SSSR count). The van der Waals surface area contributed by atoms with Crippen LogP contribution in [0.5, 0.6) is 0 Å². The molecule has 41 heavy (non-hydrogen) atoms. The minimum Gasteiger partial charge on any atom is -0.354 e. The molecule has 4 amide bonds. The van der Waals surface area contributed by atoms with E-state index in [1.54, 1.807) is 21.1 Å². The highest BCUT2D eigenvalue weighted by atomic mass is 79.9. The number of halogens is 1. The summed E-state index contributed by atoms with van der Waals surface area (Å²) in [6.07, 6.45) is 0.668. The molecule has 4 atom stereocenters. The number of nitrogens with zero attached hydrogens (tertiary/aromatic N) is 2. The summed E-state index contributed by atoms with van der Waals surface area (Å²) in [7, 11) is 4.94. The van der Waals surface area contributed by atoms with E-state index in [4.69, 9.17) is 0 Å². The number of amides is 4. The van der Waals surface area contributed by atoms with Crippen molar-refractivity contribution >= 4 is 39.6 Å². The number of hydrogen-bond acceptors (Lipinski definition) is 5. The predicted molar refractivity (Wildman–Crippen MR) is 168 cm³/mol. The Balaban J connectivity index is 3.09. The van der Waals surface area contributed by atoms with Gasteiger partial charge >= 0.3 is 0 Å². The largest absolute Gasteiger partial charge is 0.354 e. The highest BCUT2D eigenvalue weighted by Gasteiger charge is 2.40. The van der Waals surface area contributed by atoms with E-state index in [0.29, 0.717) is 13.0 Å². The average Bonchev–Trinajstić information content (AvgIpc) is 2.87. The molecule has 1 aromatic carbocycles. The van der Waals surface area contributed by atoms with Gasteiger partial charge in [0.15, 0.2) is 0 Å². The molecule has 0 unspecified atom stereocenters. The van der Waals surface area contributed by atoms with Crippen LogP contribution in [0.3, 0.4) is 0 Å². The van der Waals surface area contributed by atoms with Crippen LogP contribution in [0.15, 0.2) is 28.7 Å². The molecular weight excluding hydrogens is 586 g/mol. The Kier molecular flexibility index (Phi) is 15.0. The number of carbonyl (C=O) groups is 4. The van der Waals surface area contributed by atoms with Crippen molar-refractivity contribution in [3.8, 4) is 0 Å². The maximum Gasteiger partial charge on any atom is 0.246 e. The third-order valence-electron chi connectivity index (χ3n) is 7.43. The molecule has 0 radical (unpaired) electrons. The number of hydrogen-bond donors (Lipinski definition) is 3. The molecule has 0 spiro atoms. The quantitative estimate of drug-likeness (QED) is 0.273. The summed E-state index contributed by atoms with van der Waals surface area (Å²) in [4.78, 5) is 56.8. The molecule has 0 saturated carbocycles. The van der Waals surface area contributed by atoms with E-state index in [1.807, 2.05) is 79.7 Å². The van der Waals surface area contributed by atoms with E-state index >= 15 is 0 Å². The van der Waals surface area contributed by atoms with E-state index in [2.05, 4.69) is 31.9 Å². The first-order valence-electron chi connectivity index (χ1n) is 14.6. The maximum atomic E-state index is 13.9. The topological polar surface area (TPSA) is 111 Å². The first kappa shape index (κ1) is 36.6. The van der Waals surface area contributed by atoms with E-state index in [0.717, 1.165) is 10.0 Å². The lowest BCUT2D eigenvalue weighted by Gasteiger charge is -2.39. The minimum absolute atomic E-state index is 0.0354. The monoisotopic (exact) mass is 637 g/mol. The second kappa shape index (κ2) is 16.9. The van der Waals surface area contributed by atoms with Crippen LogP contribution in [-0.4, -0.2) is 85.3 Å². The van der Waals surface area contributed by atoms with Gasteiger partial charge in [-0.25, -0.2) is 0 Å². The van der Waals surface area contributed by atoms with Crippen molar-refractivity contribution < 1.29 is 19.2 Å². The normalized spacial score (nSPS) is 14.5. The van der Waals surface area contributed by atoms with Crippen LogP contribution in [0.25, 0.3) is 0 Å². The van der Waals surface area contributed by atoms with E-state index in [9.17, 15) is 19.2 Å². The molecule has 0 saturated heterocycles. The fraction of sp³-hybridized carbons (Fsp3) is 0.677. The fourth-order valence-corrected chi connectivity index (χ4v) is 5.40. The molecule has 0 aliphatic rings. The standard InChI is InChI=1S/C31H52BrN5O4/c1-18(2)24(33-9)28(38)35-25(19(3)4)30(40)37(11)27(21(7)8)31(41)36(10)26(20(5)6)29(39)34-17-16-22-12-14-23(32)15-13-22/h12-15,18-21,24-27,33H,16-17H2,1-11H3,(H,34,39)(H,35,38)/t24-,25-,26-,27-/m0/s1. The van der Waals surface area contributed by atoms with Gasteiger partial charge in [0.2, 0.25) is 23.6 Å². The van der Waals surface area contributed by atoms with Gasteiger partial charge in [0.1, 0.15) is 18.1 Å². The summed E-state index contributed by atoms with van der Waals surface area (Å²) in [6, 6.07) is 5.15. The van der Waals surface area contributed by atoms with Crippen molar-refractivity contribution in [2.45, 2.75) is 86.0 Å². The van der Waals surface area contributed by atoms with Crippen molar-refractivity contribution in [3.05, 3.63) is 34.3 Å². The smallest absolute Gasteiger partial charge is 0.246 e. The zero-order chi connectivity index (χ0) is 31.6. The Labute approximate surface area is 255 Å². The lowest BCUT2D eigenvalue weighted by Crippen LogP contribution is -2.61. The van der Waals surface area contributed by atoms with Gasteiger partial charge in [0.05, 0.1) is 6.04 Å². The number of likely N-dealkylation sites (N-methyl/N-ethyl adjacent to an activating group) is 3. The average molecular weight is 639 g/mol. The zero-order valence-electron chi connectivity index (χ0n) is 26.7. The maximum absolute atomic E-state index is 13.9. The third-order valence-corrected chi connectivity index (χ3v) is 7.96. The Morgan fingerprint density at radius 3 is 1.63 bits per heavy atom. The van der Waals surface area contributed by atoms with Crippen molar-refractivity contribution in [2.75, 3.05) is 27.7 Å². The summed E-state index contributed by atoms with van der Waals surface area (Å²) in [5, 5.41) is 8.90. The highest BCUT2D eigenvalue weighted by Crippen LogP contribution is 2.20. The Bertz CT molecular complexity index is 1010. The molecule has 0 bridgehead atoms. The molecule has 0 aliphatic carbocycles. The molecule has 9 nitrogen and oxygen atoms in total. The van der Waals surface area contributed by atoms with Crippen molar-refractivity contribution in [2.24, 2.45) is 23.7 Å². The lowest BCUT2D eigenvalue weighted by molar-refractivity contribution is -0.151. The Hall–Kier alpha value is -2.46. The molecular formula is C31H52BrN5O4. The van der Waals surface area contributed by atoms with Gasteiger partial charge in [-0.1, -0.05) is 83.5 Å². The van der Waals surface area contributed by atoms with E-state index in [1.165, 1.54) is 9.80 Å². The van der Waals surface area contributed by atoms with Gasteiger partial charge in [-0.3, -0.25) is 19.2 Å². The first-order valence-corrected chi connectivity index (χ1v) is 15.4.